The van der Waals surface area contributed by atoms with Gasteiger partial charge in [-0.3, -0.25) is 0 Å². The third kappa shape index (κ3) is 4.09. The minimum Gasteiger partial charge on any atom is -0.490 e. The van der Waals surface area contributed by atoms with Crippen molar-refractivity contribution in [3.8, 4) is 5.75 Å². The van der Waals surface area contributed by atoms with Crippen LogP contribution in [0.4, 0.5) is 0 Å². The number of carbonyl (C=O) groups is 1. The molecule has 1 N–H and O–H groups in total. The van der Waals surface area contributed by atoms with Crippen LogP contribution in [0.1, 0.15) is 0 Å². The summed E-state index contributed by atoms with van der Waals surface area (Å²) < 4.78 is 6.22. The van der Waals surface area contributed by atoms with Gasteiger partial charge in [-0.25, -0.2) is 4.79 Å². The average Bonchev–Trinajstić information content (AvgIpc) is 2.15. The van der Waals surface area contributed by atoms with E-state index in [0.717, 1.165) is 10.5 Å². The topological polar surface area (TPSA) is 46.5 Å². The van der Waals surface area contributed by atoms with E-state index in [4.69, 9.17) is 9.84 Å². The summed E-state index contributed by atoms with van der Waals surface area (Å²) in [7, 11) is 0. The van der Waals surface area contributed by atoms with Crippen LogP contribution in [0.3, 0.4) is 0 Å². The quantitative estimate of drug-likeness (QED) is 0.843. The molecular formula is C10H9BrO3. The second-order valence-corrected chi connectivity index (χ2v) is 3.42. The molecule has 0 unspecified atom stereocenters. The molecule has 0 radical (unpaired) electrons. The molecule has 4 heteroatoms. The van der Waals surface area contributed by atoms with Crippen molar-refractivity contribution in [2.24, 2.45) is 0 Å². The molecule has 1 aromatic carbocycles. The molecule has 0 aliphatic heterocycles. The number of hydrogen-bond acceptors (Lipinski definition) is 2. The van der Waals surface area contributed by atoms with Crippen molar-refractivity contribution in [2.75, 3.05) is 6.61 Å². The molecule has 0 aliphatic rings. The fraction of sp³-hybridized carbons (Fsp3) is 0.100. The molecule has 0 bridgehead atoms. The van der Waals surface area contributed by atoms with Crippen LogP contribution >= 0.6 is 15.9 Å². The van der Waals surface area contributed by atoms with Gasteiger partial charge < -0.3 is 9.84 Å². The van der Waals surface area contributed by atoms with Crippen LogP contribution in [0.15, 0.2) is 40.9 Å². The van der Waals surface area contributed by atoms with E-state index in [0.29, 0.717) is 5.75 Å². The third-order valence-electron chi connectivity index (χ3n) is 1.42. The number of hydrogen-bond donors (Lipinski definition) is 1. The average molecular weight is 257 g/mol. The summed E-state index contributed by atoms with van der Waals surface area (Å²) >= 11 is 3.30. The molecule has 1 rings (SSSR count). The molecule has 0 atom stereocenters. The largest absolute Gasteiger partial charge is 0.490 e. The molecule has 1 aromatic rings. The van der Waals surface area contributed by atoms with Crippen LogP contribution < -0.4 is 4.74 Å². The Hall–Kier alpha value is -1.29. The van der Waals surface area contributed by atoms with Crippen molar-refractivity contribution in [2.45, 2.75) is 0 Å². The molecule has 14 heavy (non-hydrogen) atoms. The van der Waals surface area contributed by atoms with Gasteiger partial charge in [0.25, 0.3) is 0 Å². The highest BCUT2D eigenvalue weighted by Crippen LogP contribution is 2.15. The van der Waals surface area contributed by atoms with E-state index in [1.165, 1.54) is 6.08 Å². The van der Waals surface area contributed by atoms with E-state index in [1.807, 2.05) is 12.1 Å². The van der Waals surface area contributed by atoms with Crippen molar-refractivity contribution in [3.63, 3.8) is 0 Å². The Labute approximate surface area is 90.1 Å². The second-order valence-electron chi connectivity index (χ2n) is 2.51. The van der Waals surface area contributed by atoms with Gasteiger partial charge in [0, 0.05) is 10.5 Å². The molecule has 0 amide bonds. The van der Waals surface area contributed by atoms with Gasteiger partial charge >= 0.3 is 5.97 Å². The zero-order chi connectivity index (χ0) is 10.4. The zero-order valence-electron chi connectivity index (χ0n) is 7.31. The van der Waals surface area contributed by atoms with Crippen LogP contribution in [0, 0.1) is 0 Å². The Morgan fingerprint density at radius 3 is 2.64 bits per heavy atom. The lowest BCUT2D eigenvalue weighted by Crippen LogP contribution is -1.95. The molecule has 0 aromatic heterocycles. The van der Waals surface area contributed by atoms with Gasteiger partial charge in [0.2, 0.25) is 0 Å². The van der Waals surface area contributed by atoms with Gasteiger partial charge in [-0.2, -0.15) is 0 Å². The number of benzene rings is 1. The first kappa shape index (κ1) is 10.8. The summed E-state index contributed by atoms with van der Waals surface area (Å²) in [4.78, 5) is 10.1. The van der Waals surface area contributed by atoms with Gasteiger partial charge in [0.15, 0.2) is 0 Å². The van der Waals surface area contributed by atoms with E-state index in [9.17, 15) is 4.79 Å². The Morgan fingerprint density at radius 2 is 2.07 bits per heavy atom. The van der Waals surface area contributed by atoms with Gasteiger partial charge in [-0.15, -0.1) is 0 Å². The number of aliphatic carboxylic acids is 1. The first-order chi connectivity index (χ1) is 6.68. The van der Waals surface area contributed by atoms with Crippen LogP contribution in [-0.4, -0.2) is 17.7 Å². The highest BCUT2D eigenvalue weighted by atomic mass is 79.9. The van der Waals surface area contributed by atoms with E-state index in [-0.39, 0.29) is 6.61 Å². The second kappa shape index (κ2) is 5.44. The van der Waals surface area contributed by atoms with Gasteiger partial charge in [0.05, 0.1) is 0 Å². The van der Waals surface area contributed by atoms with Crippen LogP contribution in [-0.2, 0) is 4.79 Å². The van der Waals surface area contributed by atoms with Gasteiger partial charge in [-0.1, -0.05) is 15.9 Å². The lowest BCUT2D eigenvalue weighted by molar-refractivity contribution is -0.131. The molecule has 0 saturated heterocycles. The summed E-state index contributed by atoms with van der Waals surface area (Å²) in [5, 5.41) is 8.30. The van der Waals surface area contributed by atoms with Crippen molar-refractivity contribution < 1.29 is 14.6 Å². The van der Waals surface area contributed by atoms with E-state index >= 15 is 0 Å². The smallest absolute Gasteiger partial charge is 0.328 e. The maximum atomic E-state index is 10.1. The predicted molar refractivity (Wildman–Crippen MR) is 56.4 cm³/mol. The molecule has 0 aliphatic carbocycles. The minimum absolute atomic E-state index is 0.258. The Bertz CT molecular complexity index is 330. The van der Waals surface area contributed by atoms with E-state index < -0.39 is 5.97 Å². The normalized spacial score (nSPS) is 10.4. The summed E-state index contributed by atoms with van der Waals surface area (Å²) in [5.74, 6) is -0.257. The fourth-order valence-electron chi connectivity index (χ4n) is 0.824. The van der Waals surface area contributed by atoms with Crippen molar-refractivity contribution in [3.05, 3.63) is 40.9 Å². The van der Waals surface area contributed by atoms with Crippen LogP contribution in [0.25, 0.3) is 0 Å². The monoisotopic (exact) mass is 256 g/mol. The lowest BCUT2D eigenvalue weighted by atomic mass is 10.3. The lowest BCUT2D eigenvalue weighted by Gasteiger charge is -2.01. The molecule has 0 heterocycles. The number of halogens is 1. The maximum absolute atomic E-state index is 10.1. The number of ether oxygens (including phenoxy) is 1. The number of rotatable bonds is 4. The standard InChI is InChI=1S/C10H9BrO3/c11-8-3-5-9(6-4-8)14-7-1-2-10(12)13/h1-6H,7H2,(H,12,13). The van der Waals surface area contributed by atoms with E-state index in [1.54, 1.807) is 12.1 Å². The minimum atomic E-state index is -0.968. The molecule has 0 spiro atoms. The van der Waals surface area contributed by atoms with Crippen molar-refractivity contribution in [1.29, 1.82) is 0 Å². The van der Waals surface area contributed by atoms with Crippen LogP contribution in [0.5, 0.6) is 5.75 Å². The van der Waals surface area contributed by atoms with Gasteiger partial charge in [0.1, 0.15) is 12.4 Å². The number of carboxylic acid groups (broad SMARTS) is 1. The summed E-state index contributed by atoms with van der Waals surface area (Å²) in [6, 6.07) is 7.32. The van der Waals surface area contributed by atoms with Crippen molar-refractivity contribution in [1.82, 2.24) is 0 Å². The first-order valence-corrected chi connectivity index (χ1v) is 4.75. The van der Waals surface area contributed by atoms with Crippen molar-refractivity contribution >= 4 is 21.9 Å². The third-order valence-corrected chi connectivity index (χ3v) is 1.95. The Balaban J connectivity index is 2.39. The predicted octanol–water partition coefficient (Wildman–Crippen LogP) is 2.47. The highest BCUT2D eigenvalue weighted by molar-refractivity contribution is 9.10. The van der Waals surface area contributed by atoms with Crippen LogP contribution in [0.2, 0.25) is 0 Å². The molecular weight excluding hydrogens is 248 g/mol. The molecule has 0 saturated carbocycles. The summed E-state index contributed by atoms with van der Waals surface area (Å²) in [6.07, 6.45) is 2.50. The molecule has 3 nitrogen and oxygen atoms in total. The van der Waals surface area contributed by atoms with E-state index in [2.05, 4.69) is 15.9 Å². The SMILES string of the molecule is O=C(O)C=CCOc1ccc(Br)cc1. The summed E-state index contributed by atoms with van der Waals surface area (Å²) in [6.45, 7) is 0.258. The Kier molecular flexibility index (Phi) is 4.19. The zero-order valence-corrected chi connectivity index (χ0v) is 8.90. The first-order valence-electron chi connectivity index (χ1n) is 3.96. The van der Waals surface area contributed by atoms with Gasteiger partial charge in [-0.05, 0) is 30.3 Å². The Morgan fingerprint density at radius 1 is 1.43 bits per heavy atom. The molecule has 0 fully saturated rings. The number of carboxylic acids is 1. The maximum Gasteiger partial charge on any atom is 0.328 e. The fourth-order valence-corrected chi connectivity index (χ4v) is 1.09. The molecule has 74 valence electrons. The highest BCUT2D eigenvalue weighted by Gasteiger charge is 1.91. The summed E-state index contributed by atoms with van der Waals surface area (Å²) in [5.41, 5.74) is 0.